The van der Waals surface area contributed by atoms with Crippen molar-refractivity contribution in [2.45, 2.75) is 71.1 Å². The number of carboxylic acids is 1. The van der Waals surface area contributed by atoms with Gasteiger partial charge in [-0.3, -0.25) is 19.2 Å². The summed E-state index contributed by atoms with van der Waals surface area (Å²) < 4.78 is 0. The highest BCUT2D eigenvalue weighted by atomic mass is 16.4. The Hall–Kier alpha value is -3.47. The quantitative estimate of drug-likeness (QED) is 0.205. The first-order chi connectivity index (χ1) is 16.4. The van der Waals surface area contributed by atoms with Gasteiger partial charge in [0.25, 0.3) is 0 Å². The maximum Gasteiger partial charge on any atom is 0.326 e. The third kappa shape index (κ3) is 9.73. The van der Waals surface area contributed by atoms with E-state index in [1.165, 1.54) is 0 Å². The molecule has 4 amide bonds. The van der Waals surface area contributed by atoms with Crippen molar-refractivity contribution in [3.05, 3.63) is 35.9 Å². The Morgan fingerprint density at radius 1 is 0.886 bits per heavy atom. The molecule has 0 bridgehead atoms. The average molecular weight is 492 g/mol. The number of rotatable bonds is 14. The molecule has 1 aromatic rings. The Bertz CT molecular complexity index is 892. The van der Waals surface area contributed by atoms with Crippen molar-refractivity contribution in [3.8, 4) is 0 Å². The Morgan fingerprint density at radius 2 is 1.43 bits per heavy atom. The molecule has 11 heteroatoms. The van der Waals surface area contributed by atoms with Gasteiger partial charge in [0.05, 0.1) is 12.5 Å². The minimum absolute atomic E-state index is 0.285. The molecule has 0 aromatic heterocycles. The van der Waals surface area contributed by atoms with Crippen LogP contribution in [0.5, 0.6) is 0 Å². The molecule has 0 aliphatic carbocycles. The number of primary amides is 1. The molecule has 1 rings (SSSR count). The van der Waals surface area contributed by atoms with Crippen molar-refractivity contribution in [2.24, 2.45) is 23.3 Å². The van der Waals surface area contributed by atoms with Crippen LogP contribution >= 0.6 is 0 Å². The van der Waals surface area contributed by atoms with Crippen molar-refractivity contribution in [2.75, 3.05) is 0 Å². The summed E-state index contributed by atoms with van der Waals surface area (Å²) in [5.41, 5.74) is 12.0. The first-order valence-electron chi connectivity index (χ1n) is 11.6. The molecule has 35 heavy (non-hydrogen) atoms. The molecule has 1 aromatic carbocycles. The van der Waals surface area contributed by atoms with E-state index in [1.807, 2.05) is 30.3 Å². The highest BCUT2D eigenvalue weighted by molar-refractivity contribution is 5.95. The molecule has 194 valence electrons. The van der Waals surface area contributed by atoms with E-state index in [9.17, 15) is 29.1 Å². The number of nitrogens with two attached hydrogens (primary N) is 2. The maximum atomic E-state index is 13.1. The lowest BCUT2D eigenvalue weighted by Crippen LogP contribution is -2.60. The average Bonchev–Trinajstić information content (AvgIpc) is 2.79. The minimum Gasteiger partial charge on any atom is -0.480 e. The topological polar surface area (TPSA) is 194 Å². The van der Waals surface area contributed by atoms with E-state index >= 15 is 0 Å². The number of carboxylic acid groups (broad SMARTS) is 1. The fraction of sp³-hybridized carbons (Fsp3) is 0.542. The standard InChI is InChI=1S/C24H37N5O6/c1-5-14(4)20(23(33)27-17(24(34)35)12-18(26)30)29-22(32)19(13(2)3)28-21(31)16(25)11-15-9-7-6-8-10-15/h6-10,13-14,16-17,19-20H,5,11-12,25H2,1-4H3,(H2,26,30)(H,27,33)(H,28,31)(H,29,32)(H,34,35). The molecule has 0 heterocycles. The highest BCUT2D eigenvalue weighted by Gasteiger charge is 2.34. The number of carbonyl (C=O) groups is 5. The first kappa shape index (κ1) is 29.6. The van der Waals surface area contributed by atoms with Crippen LogP contribution in [0.1, 0.15) is 46.1 Å². The van der Waals surface area contributed by atoms with Crippen LogP contribution in [0.4, 0.5) is 0 Å². The van der Waals surface area contributed by atoms with Gasteiger partial charge < -0.3 is 32.5 Å². The van der Waals surface area contributed by atoms with E-state index in [2.05, 4.69) is 16.0 Å². The lowest BCUT2D eigenvalue weighted by Gasteiger charge is -2.29. The van der Waals surface area contributed by atoms with E-state index in [4.69, 9.17) is 11.5 Å². The molecule has 0 radical (unpaired) electrons. The molecule has 0 aliphatic heterocycles. The first-order valence-corrected chi connectivity index (χ1v) is 11.6. The number of amides is 4. The van der Waals surface area contributed by atoms with Crippen LogP contribution in [0.3, 0.4) is 0 Å². The molecule has 0 spiro atoms. The van der Waals surface area contributed by atoms with Crippen molar-refractivity contribution in [3.63, 3.8) is 0 Å². The zero-order valence-electron chi connectivity index (χ0n) is 20.6. The Morgan fingerprint density at radius 3 is 1.91 bits per heavy atom. The van der Waals surface area contributed by atoms with Gasteiger partial charge in [0.2, 0.25) is 23.6 Å². The summed E-state index contributed by atoms with van der Waals surface area (Å²) in [6, 6.07) is 4.72. The Labute approximate surface area is 205 Å². The van der Waals surface area contributed by atoms with Gasteiger partial charge in [0.15, 0.2) is 0 Å². The van der Waals surface area contributed by atoms with E-state index in [-0.39, 0.29) is 18.3 Å². The van der Waals surface area contributed by atoms with E-state index in [1.54, 1.807) is 27.7 Å². The molecule has 5 atom stereocenters. The fourth-order valence-corrected chi connectivity index (χ4v) is 3.36. The van der Waals surface area contributed by atoms with Gasteiger partial charge in [-0.25, -0.2) is 4.79 Å². The van der Waals surface area contributed by atoms with Crippen LogP contribution in [0, 0.1) is 11.8 Å². The van der Waals surface area contributed by atoms with E-state index in [0.717, 1.165) is 5.56 Å². The Balaban J connectivity index is 2.95. The lowest BCUT2D eigenvalue weighted by molar-refractivity contribution is -0.144. The monoisotopic (exact) mass is 491 g/mol. The second-order valence-electron chi connectivity index (χ2n) is 8.97. The predicted octanol–water partition coefficient (Wildman–Crippen LogP) is -0.327. The predicted molar refractivity (Wildman–Crippen MR) is 130 cm³/mol. The van der Waals surface area contributed by atoms with E-state index < -0.39 is 60.2 Å². The van der Waals surface area contributed by atoms with Gasteiger partial charge in [0, 0.05) is 0 Å². The lowest BCUT2D eigenvalue weighted by atomic mass is 9.95. The van der Waals surface area contributed by atoms with Gasteiger partial charge in [0.1, 0.15) is 18.1 Å². The van der Waals surface area contributed by atoms with Crippen LogP contribution in [0.15, 0.2) is 30.3 Å². The van der Waals surface area contributed by atoms with Crippen LogP contribution in [-0.4, -0.2) is 58.9 Å². The maximum absolute atomic E-state index is 13.1. The summed E-state index contributed by atoms with van der Waals surface area (Å²) in [7, 11) is 0. The summed E-state index contributed by atoms with van der Waals surface area (Å²) in [6.07, 6.45) is 0.187. The fourth-order valence-electron chi connectivity index (χ4n) is 3.36. The number of benzene rings is 1. The molecule has 0 saturated heterocycles. The van der Waals surface area contributed by atoms with Crippen LogP contribution in [0.25, 0.3) is 0 Å². The number of aliphatic carboxylic acids is 1. The molecule has 8 N–H and O–H groups in total. The van der Waals surface area contributed by atoms with Gasteiger partial charge in [-0.2, -0.15) is 0 Å². The summed E-state index contributed by atoms with van der Waals surface area (Å²) in [4.78, 5) is 61.2. The van der Waals surface area contributed by atoms with Gasteiger partial charge >= 0.3 is 5.97 Å². The van der Waals surface area contributed by atoms with E-state index in [0.29, 0.717) is 6.42 Å². The summed E-state index contributed by atoms with van der Waals surface area (Å²) >= 11 is 0. The zero-order valence-corrected chi connectivity index (χ0v) is 20.6. The number of nitrogens with one attached hydrogen (secondary N) is 3. The molecule has 0 aliphatic rings. The molecular weight excluding hydrogens is 454 g/mol. The Kier molecular flexibility index (Phi) is 11.9. The third-order valence-electron chi connectivity index (χ3n) is 5.70. The van der Waals surface area contributed by atoms with Crippen molar-refractivity contribution in [1.82, 2.24) is 16.0 Å². The molecule has 11 nitrogen and oxygen atoms in total. The van der Waals surface area contributed by atoms with Crippen molar-refractivity contribution < 1.29 is 29.1 Å². The summed E-state index contributed by atoms with van der Waals surface area (Å²) in [5.74, 6) is -4.91. The third-order valence-corrected chi connectivity index (χ3v) is 5.70. The molecular formula is C24H37N5O6. The zero-order chi connectivity index (χ0) is 26.7. The summed E-state index contributed by atoms with van der Waals surface area (Å²) in [5, 5.41) is 16.8. The highest BCUT2D eigenvalue weighted by Crippen LogP contribution is 2.11. The van der Waals surface area contributed by atoms with Crippen molar-refractivity contribution >= 4 is 29.6 Å². The summed E-state index contributed by atoms with van der Waals surface area (Å²) in [6.45, 7) is 6.99. The SMILES string of the molecule is CCC(C)C(NC(=O)C(NC(=O)C(N)Cc1ccccc1)C(C)C)C(=O)NC(CC(N)=O)C(=O)O. The van der Waals surface area contributed by atoms with Crippen LogP contribution < -0.4 is 27.4 Å². The smallest absolute Gasteiger partial charge is 0.326 e. The second-order valence-corrected chi connectivity index (χ2v) is 8.97. The molecule has 5 unspecified atom stereocenters. The number of hydrogen-bond donors (Lipinski definition) is 6. The largest absolute Gasteiger partial charge is 0.480 e. The van der Waals surface area contributed by atoms with Gasteiger partial charge in [-0.1, -0.05) is 64.4 Å². The van der Waals surface area contributed by atoms with Gasteiger partial charge in [-0.05, 0) is 23.8 Å². The number of carbonyl (C=O) groups excluding carboxylic acids is 4. The minimum atomic E-state index is -1.53. The second kappa shape index (κ2) is 14.1. The number of hydrogen-bond acceptors (Lipinski definition) is 6. The van der Waals surface area contributed by atoms with Crippen molar-refractivity contribution in [1.29, 1.82) is 0 Å². The van der Waals surface area contributed by atoms with Crippen LogP contribution in [0.2, 0.25) is 0 Å². The van der Waals surface area contributed by atoms with Gasteiger partial charge in [-0.15, -0.1) is 0 Å². The van der Waals surface area contributed by atoms with Crippen LogP contribution in [-0.2, 0) is 30.4 Å². The normalized spacial score (nSPS) is 15.3. The molecule has 0 saturated carbocycles. The molecule has 0 fully saturated rings.